The first-order chi connectivity index (χ1) is 7.67. The number of ether oxygens (including phenoxy) is 1. The molecule has 1 fully saturated rings. The summed E-state index contributed by atoms with van der Waals surface area (Å²) in [7, 11) is 3.58. The number of hydrogen-bond donors (Lipinski definition) is 1. The van der Waals surface area contributed by atoms with Crippen molar-refractivity contribution < 1.29 is 4.74 Å². The minimum Gasteiger partial charge on any atom is -0.378 e. The molecular formula is C11H16IN3O. The molecular weight excluding hydrogens is 317 g/mol. The van der Waals surface area contributed by atoms with Crippen molar-refractivity contribution in [3.8, 4) is 0 Å². The van der Waals surface area contributed by atoms with Crippen molar-refractivity contribution in [3.05, 3.63) is 15.1 Å². The first kappa shape index (κ1) is 12.0. The van der Waals surface area contributed by atoms with Crippen LogP contribution in [0.4, 0.5) is 5.82 Å². The lowest BCUT2D eigenvalue weighted by molar-refractivity contribution is 0.180. The Hall–Kier alpha value is -0.430. The summed E-state index contributed by atoms with van der Waals surface area (Å²) in [6.07, 6.45) is 1.20. The van der Waals surface area contributed by atoms with Crippen LogP contribution >= 0.6 is 22.6 Å². The molecule has 0 saturated heterocycles. The molecule has 1 aromatic rings. The van der Waals surface area contributed by atoms with E-state index in [4.69, 9.17) is 4.74 Å². The van der Waals surface area contributed by atoms with Gasteiger partial charge < -0.3 is 10.1 Å². The fraction of sp³-hybridized carbons (Fsp3) is 0.636. The number of aromatic nitrogens is 2. The third-order valence-corrected chi connectivity index (χ3v) is 4.03. The van der Waals surface area contributed by atoms with Gasteiger partial charge in [0.1, 0.15) is 11.6 Å². The second kappa shape index (κ2) is 4.83. The molecule has 4 nitrogen and oxygen atoms in total. The third kappa shape index (κ3) is 2.29. The van der Waals surface area contributed by atoms with E-state index in [0.29, 0.717) is 12.5 Å². The lowest BCUT2D eigenvalue weighted by atomic mass is 10.3. The predicted molar refractivity (Wildman–Crippen MR) is 71.5 cm³/mol. The Balaban J connectivity index is 2.36. The Morgan fingerprint density at radius 1 is 1.50 bits per heavy atom. The van der Waals surface area contributed by atoms with Crippen molar-refractivity contribution in [1.29, 1.82) is 0 Å². The zero-order valence-electron chi connectivity index (χ0n) is 9.75. The minimum absolute atomic E-state index is 0.541. The number of nitrogens with one attached hydrogen (secondary N) is 1. The standard InChI is InChI=1S/C11H16IN3O/c1-6-4-7(6)10-14-8(5-16-3)9(12)11(13-2)15-10/h6-7H,4-5H2,1-3H3,(H,13,14,15). The molecule has 1 aliphatic carbocycles. The summed E-state index contributed by atoms with van der Waals surface area (Å²) >= 11 is 2.26. The molecule has 1 aliphatic rings. The molecule has 88 valence electrons. The molecule has 0 amide bonds. The first-order valence-electron chi connectivity index (χ1n) is 5.40. The number of methoxy groups -OCH3 is 1. The van der Waals surface area contributed by atoms with Gasteiger partial charge in [-0.2, -0.15) is 0 Å². The highest BCUT2D eigenvalue weighted by Gasteiger charge is 2.37. The first-order valence-corrected chi connectivity index (χ1v) is 6.48. The number of anilines is 1. The number of nitrogens with zero attached hydrogens (tertiary/aromatic N) is 2. The molecule has 1 aromatic heterocycles. The second-order valence-electron chi connectivity index (χ2n) is 4.19. The van der Waals surface area contributed by atoms with Gasteiger partial charge in [0.15, 0.2) is 0 Å². The van der Waals surface area contributed by atoms with Gasteiger partial charge in [-0.3, -0.25) is 0 Å². The minimum atomic E-state index is 0.541. The van der Waals surface area contributed by atoms with Gasteiger partial charge in [0.2, 0.25) is 0 Å². The van der Waals surface area contributed by atoms with Gasteiger partial charge in [-0.15, -0.1) is 0 Å². The van der Waals surface area contributed by atoms with Gasteiger partial charge >= 0.3 is 0 Å². The van der Waals surface area contributed by atoms with Crippen LogP contribution in [-0.4, -0.2) is 24.1 Å². The molecule has 1 saturated carbocycles. The molecule has 0 aromatic carbocycles. The van der Waals surface area contributed by atoms with Crippen molar-refractivity contribution in [3.63, 3.8) is 0 Å². The number of halogens is 1. The van der Waals surface area contributed by atoms with E-state index in [9.17, 15) is 0 Å². The van der Waals surface area contributed by atoms with Crippen molar-refractivity contribution >= 4 is 28.4 Å². The summed E-state index contributed by atoms with van der Waals surface area (Å²) in [5.41, 5.74) is 0.983. The Labute approximate surface area is 109 Å². The van der Waals surface area contributed by atoms with E-state index in [-0.39, 0.29) is 0 Å². The van der Waals surface area contributed by atoms with Crippen LogP contribution in [0.2, 0.25) is 0 Å². The molecule has 1 heterocycles. The Kier molecular flexibility index (Phi) is 3.63. The zero-order valence-corrected chi connectivity index (χ0v) is 11.9. The lowest BCUT2D eigenvalue weighted by Crippen LogP contribution is -2.08. The topological polar surface area (TPSA) is 47.0 Å². The molecule has 2 unspecified atom stereocenters. The van der Waals surface area contributed by atoms with Crippen LogP contribution in [-0.2, 0) is 11.3 Å². The van der Waals surface area contributed by atoms with E-state index in [2.05, 4.69) is 44.8 Å². The van der Waals surface area contributed by atoms with Gasteiger partial charge in [0.25, 0.3) is 0 Å². The fourth-order valence-electron chi connectivity index (χ4n) is 1.76. The lowest BCUT2D eigenvalue weighted by Gasteiger charge is -2.10. The van der Waals surface area contributed by atoms with Crippen LogP contribution in [0.3, 0.4) is 0 Å². The molecule has 2 atom stereocenters. The highest BCUT2D eigenvalue weighted by atomic mass is 127. The Morgan fingerprint density at radius 2 is 2.19 bits per heavy atom. The molecule has 0 radical (unpaired) electrons. The van der Waals surface area contributed by atoms with Crippen molar-refractivity contribution in [2.24, 2.45) is 5.92 Å². The summed E-state index contributed by atoms with van der Waals surface area (Å²) in [5.74, 6) is 3.14. The van der Waals surface area contributed by atoms with Gasteiger partial charge in [0.05, 0.1) is 15.9 Å². The number of hydrogen-bond acceptors (Lipinski definition) is 4. The van der Waals surface area contributed by atoms with Gasteiger partial charge in [-0.1, -0.05) is 6.92 Å². The third-order valence-electron chi connectivity index (χ3n) is 2.90. The summed E-state index contributed by atoms with van der Waals surface area (Å²) in [6.45, 7) is 2.78. The molecule has 16 heavy (non-hydrogen) atoms. The quantitative estimate of drug-likeness (QED) is 0.860. The Bertz CT molecular complexity index is 397. The second-order valence-corrected chi connectivity index (χ2v) is 5.27. The normalized spacial score (nSPS) is 23.2. The SMILES string of the molecule is CNc1nc(C2CC2C)nc(COC)c1I. The van der Waals surface area contributed by atoms with Crippen molar-refractivity contribution in [2.75, 3.05) is 19.5 Å². The molecule has 0 spiro atoms. The predicted octanol–water partition coefficient (Wildman–Crippen LogP) is 2.39. The van der Waals surface area contributed by atoms with E-state index in [1.54, 1.807) is 7.11 Å². The zero-order chi connectivity index (χ0) is 11.7. The van der Waals surface area contributed by atoms with Gasteiger partial charge in [-0.25, -0.2) is 9.97 Å². The number of rotatable bonds is 4. The fourth-order valence-corrected chi connectivity index (χ4v) is 2.42. The summed E-state index contributed by atoms with van der Waals surface area (Å²) < 4.78 is 6.22. The molecule has 0 aliphatic heterocycles. The molecule has 2 rings (SSSR count). The van der Waals surface area contributed by atoms with E-state index >= 15 is 0 Å². The van der Waals surface area contributed by atoms with E-state index < -0.39 is 0 Å². The summed E-state index contributed by atoms with van der Waals surface area (Å²) in [4.78, 5) is 9.16. The molecule has 5 heteroatoms. The van der Waals surface area contributed by atoms with Crippen LogP contribution in [0, 0.1) is 9.49 Å². The molecule has 0 bridgehead atoms. The smallest absolute Gasteiger partial charge is 0.143 e. The van der Waals surface area contributed by atoms with Gasteiger partial charge in [-0.05, 0) is 34.9 Å². The maximum Gasteiger partial charge on any atom is 0.143 e. The van der Waals surface area contributed by atoms with Crippen LogP contribution in [0.1, 0.15) is 30.8 Å². The summed E-state index contributed by atoms with van der Waals surface area (Å²) in [6, 6.07) is 0. The largest absolute Gasteiger partial charge is 0.378 e. The highest BCUT2D eigenvalue weighted by molar-refractivity contribution is 14.1. The van der Waals surface area contributed by atoms with E-state index in [1.807, 2.05) is 7.05 Å². The molecule has 1 N–H and O–H groups in total. The van der Waals surface area contributed by atoms with Gasteiger partial charge in [0, 0.05) is 20.1 Å². The summed E-state index contributed by atoms with van der Waals surface area (Å²) in [5, 5.41) is 3.12. The van der Waals surface area contributed by atoms with E-state index in [0.717, 1.165) is 26.8 Å². The van der Waals surface area contributed by atoms with Crippen LogP contribution < -0.4 is 5.32 Å². The average Bonchev–Trinajstić information content (AvgIpc) is 2.99. The maximum absolute atomic E-state index is 5.17. The highest BCUT2D eigenvalue weighted by Crippen LogP contribution is 2.45. The van der Waals surface area contributed by atoms with Crippen LogP contribution in [0.5, 0.6) is 0 Å². The monoisotopic (exact) mass is 333 g/mol. The average molecular weight is 333 g/mol. The van der Waals surface area contributed by atoms with Crippen molar-refractivity contribution in [1.82, 2.24) is 9.97 Å². The Morgan fingerprint density at radius 3 is 2.69 bits per heavy atom. The van der Waals surface area contributed by atoms with E-state index in [1.165, 1.54) is 6.42 Å². The van der Waals surface area contributed by atoms with Crippen molar-refractivity contribution in [2.45, 2.75) is 25.9 Å². The van der Waals surface area contributed by atoms with Crippen LogP contribution in [0.15, 0.2) is 0 Å². The maximum atomic E-state index is 5.17. The van der Waals surface area contributed by atoms with Crippen LogP contribution in [0.25, 0.3) is 0 Å².